The molecule has 1 N–H and O–H groups in total. The molecular formula is C17H25NO6. The Morgan fingerprint density at radius 2 is 2.04 bits per heavy atom. The van der Waals surface area contributed by atoms with Crippen molar-refractivity contribution < 1.29 is 29.1 Å². The van der Waals surface area contributed by atoms with Gasteiger partial charge in [0.15, 0.2) is 11.5 Å². The van der Waals surface area contributed by atoms with Gasteiger partial charge in [0.25, 0.3) is 0 Å². The monoisotopic (exact) mass is 339 g/mol. The largest absolute Gasteiger partial charge is 0.480 e. The standard InChI is InChI=1S/C17H25NO6/c1-9-4-5-12-10(2)14(18-8-13(19)20)21-15-17(12)11(9)6-7-16(3,22-15)23-24-17/h9-12,15H,4-8H2,1-3H3,(H,19,20)/t9-,10-,11?,12?,15-,16?,17?/m1/s1. The number of aliphatic imine (C=N–C) groups is 1. The van der Waals surface area contributed by atoms with Gasteiger partial charge in [-0.25, -0.2) is 14.8 Å². The summed E-state index contributed by atoms with van der Waals surface area (Å²) >= 11 is 0. The first kappa shape index (κ1) is 16.3. The molecule has 5 fully saturated rings. The van der Waals surface area contributed by atoms with Crippen LogP contribution in [0, 0.1) is 23.7 Å². The predicted octanol–water partition coefficient (Wildman–Crippen LogP) is 2.35. The Labute approximate surface area is 141 Å². The lowest BCUT2D eigenvalue weighted by Crippen LogP contribution is -2.69. The van der Waals surface area contributed by atoms with Crippen molar-refractivity contribution in [1.29, 1.82) is 0 Å². The van der Waals surface area contributed by atoms with E-state index in [1.807, 2.05) is 13.8 Å². The number of carbonyl (C=O) groups is 1. The van der Waals surface area contributed by atoms with Crippen LogP contribution in [0.15, 0.2) is 4.99 Å². The highest BCUT2D eigenvalue weighted by Gasteiger charge is 2.69. The molecule has 7 nitrogen and oxygen atoms in total. The first-order valence-corrected chi connectivity index (χ1v) is 8.83. The van der Waals surface area contributed by atoms with Gasteiger partial charge in [-0.15, -0.1) is 0 Å². The van der Waals surface area contributed by atoms with Gasteiger partial charge in [0.05, 0.1) is 0 Å². The summed E-state index contributed by atoms with van der Waals surface area (Å²) in [6, 6.07) is 0. The predicted molar refractivity (Wildman–Crippen MR) is 83.0 cm³/mol. The van der Waals surface area contributed by atoms with Crippen LogP contribution >= 0.6 is 0 Å². The molecule has 0 amide bonds. The number of rotatable bonds is 2. The molecular weight excluding hydrogens is 314 g/mol. The topological polar surface area (TPSA) is 86.6 Å². The van der Waals surface area contributed by atoms with Crippen LogP contribution in [0.3, 0.4) is 0 Å². The molecule has 7 heteroatoms. The van der Waals surface area contributed by atoms with Crippen molar-refractivity contribution in [3.63, 3.8) is 0 Å². The minimum absolute atomic E-state index is 0.0229. The molecule has 1 spiro atoms. The third kappa shape index (κ3) is 2.21. The zero-order valence-corrected chi connectivity index (χ0v) is 14.4. The third-order valence-electron chi connectivity index (χ3n) is 6.37. The Morgan fingerprint density at radius 1 is 1.25 bits per heavy atom. The first-order valence-electron chi connectivity index (χ1n) is 8.83. The van der Waals surface area contributed by atoms with Crippen molar-refractivity contribution >= 4 is 11.9 Å². The minimum Gasteiger partial charge on any atom is -0.480 e. The van der Waals surface area contributed by atoms with Crippen molar-refractivity contribution in [2.75, 3.05) is 6.54 Å². The maximum Gasteiger partial charge on any atom is 0.325 e. The van der Waals surface area contributed by atoms with E-state index in [1.165, 1.54) is 0 Å². The number of nitrogens with zero attached hydrogens (tertiary/aromatic N) is 1. The highest BCUT2D eigenvalue weighted by atomic mass is 17.3. The summed E-state index contributed by atoms with van der Waals surface area (Å²) in [4.78, 5) is 26.8. The Bertz CT molecular complexity index is 579. The molecule has 0 aromatic carbocycles. The van der Waals surface area contributed by atoms with Crippen molar-refractivity contribution in [2.24, 2.45) is 28.7 Å². The molecule has 4 saturated heterocycles. The average molecular weight is 339 g/mol. The lowest BCUT2D eigenvalue weighted by atomic mass is 9.58. The molecule has 5 rings (SSSR count). The zero-order valence-electron chi connectivity index (χ0n) is 14.4. The number of hydrogen-bond acceptors (Lipinski definition) is 6. The van der Waals surface area contributed by atoms with Gasteiger partial charge in [0, 0.05) is 24.2 Å². The van der Waals surface area contributed by atoms with Crippen molar-refractivity contribution in [2.45, 2.75) is 64.1 Å². The molecule has 0 radical (unpaired) electrons. The maximum absolute atomic E-state index is 10.9. The summed E-state index contributed by atoms with van der Waals surface area (Å²) in [6.45, 7) is 5.87. The number of carboxylic acid groups (broad SMARTS) is 1. The summed E-state index contributed by atoms with van der Waals surface area (Å²) in [7, 11) is 0. The minimum atomic E-state index is -0.969. The SMILES string of the molecule is C[C@@H]1CCC2[C@@H](C)C(=NCC(=O)O)O[C@@H]3OC4(C)CCC1C23OO4. The Balaban J connectivity index is 1.75. The van der Waals surface area contributed by atoms with Crippen LogP contribution in [0.2, 0.25) is 0 Å². The smallest absolute Gasteiger partial charge is 0.325 e. The number of ether oxygens (including phenoxy) is 2. The Morgan fingerprint density at radius 3 is 2.79 bits per heavy atom. The molecule has 4 heterocycles. The number of aliphatic carboxylic acids is 1. The van der Waals surface area contributed by atoms with E-state index in [0.29, 0.717) is 17.7 Å². The quantitative estimate of drug-likeness (QED) is 0.777. The molecule has 1 saturated carbocycles. The summed E-state index contributed by atoms with van der Waals surface area (Å²) in [5, 5.41) is 8.93. The fraction of sp³-hybridized carbons (Fsp3) is 0.882. The van der Waals surface area contributed by atoms with E-state index in [0.717, 1.165) is 25.7 Å². The molecule has 5 aliphatic rings. The van der Waals surface area contributed by atoms with Crippen LogP contribution in [0.1, 0.15) is 46.5 Å². The maximum atomic E-state index is 10.9. The molecule has 2 bridgehead atoms. The van der Waals surface area contributed by atoms with Gasteiger partial charge in [-0.2, -0.15) is 0 Å². The Hall–Kier alpha value is -1.18. The molecule has 4 aliphatic heterocycles. The summed E-state index contributed by atoms with van der Waals surface area (Å²) in [5.74, 6) is -0.401. The lowest BCUT2D eigenvalue weighted by molar-refractivity contribution is -0.557. The van der Waals surface area contributed by atoms with Gasteiger partial charge in [-0.1, -0.05) is 13.8 Å². The second-order valence-electron chi connectivity index (χ2n) is 7.86. The fourth-order valence-corrected chi connectivity index (χ4v) is 5.10. The number of fused-ring (bicyclic) bond motifs is 2. The number of carboxylic acids is 1. The van der Waals surface area contributed by atoms with Crippen LogP contribution in [-0.4, -0.2) is 41.2 Å². The van der Waals surface area contributed by atoms with Crippen molar-refractivity contribution in [3.8, 4) is 0 Å². The van der Waals surface area contributed by atoms with Gasteiger partial charge >= 0.3 is 5.97 Å². The highest BCUT2D eigenvalue weighted by molar-refractivity contribution is 5.82. The molecule has 7 atom stereocenters. The van der Waals surface area contributed by atoms with E-state index in [9.17, 15) is 4.79 Å². The van der Waals surface area contributed by atoms with E-state index in [4.69, 9.17) is 24.4 Å². The van der Waals surface area contributed by atoms with Crippen LogP contribution in [0.5, 0.6) is 0 Å². The summed E-state index contributed by atoms with van der Waals surface area (Å²) < 4.78 is 12.2. The molecule has 4 unspecified atom stereocenters. The highest BCUT2D eigenvalue weighted by Crippen LogP contribution is 2.59. The van der Waals surface area contributed by atoms with E-state index < -0.39 is 23.6 Å². The fourth-order valence-electron chi connectivity index (χ4n) is 5.10. The molecule has 0 aromatic heterocycles. The third-order valence-corrected chi connectivity index (χ3v) is 6.37. The normalized spacial score (nSPS) is 51.6. The van der Waals surface area contributed by atoms with E-state index in [2.05, 4.69) is 11.9 Å². The average Bonchev–Trinajstić information content (AvgIpc) is 2.76. The van der Waals surface area contributed by atoms with E-state index in [1.54, 1.807) is 0 Å². The molecule has 134 valence electrons. The molecule has 0 aromatic rings. The second-order valence-corrected chi connectivity index (χ2v) is 7.86. The van der Waals surface area contributed by atoms with Gasteiger partial charge in [-0.3, -0.25) is 4.79 Å². The van der Waals surface area contributed by atoms with Gasteiger partial charge in [-0.05, 0) is 32.1 Å². The van der Waals surface area contributed by atoms with Crippen LogP contribution in [0.25, 0.3) is 0 Å². The first-order chi connectivity index (χ1) is 11.4. The van der Waals surface area contributed by atoms with Crippen LogP contribution in [-0.2, 0) is 24.0 Å². The van der Waals surface area contributed by atoms with Gasteiger partial charge in [0.2, 0.25) is 12.1 Å². The number of hydrogen-bond donors (Lipinski definition) is 1. The van der Waals surface area contributed by atoms with Crippen LogP contribution in [0.4, 0.5) is 0 Å². The molecule has 1 aliphatic carbocycles. The van der Waals surface area contributed by atoms with Crippen LogP contribution < -0.4 is 0 Å². The van der Waals surface area contributed by atoms with E-state index in [-0.39, 0.29) is 18.4 Å². The van der Waals surface area contributed by atoms with Crippen molar-refractivity contribution in [1.82, 2.24) is 0 Å². The molecule has 24 heavy (non-hydrogen) atoms. The second kappa shape index (κ2) is 5.41. The van der Waals surface area contributed by atoms with E-state index >= 15 is 0 Å². The lowest BCUT2D eigenvalue weighted by Gasteiger charge is -2.58. The zero-order chi connectivity index (χ0) is 17.1. The van der Waals surface area contributed by atoms with Crippen molar-refractivity contribution in [3.05, 3.63) is 0 Å². The summed E-state index contributed by atoms with van der Waals surface area (Å²) in [6.07, 6.45) is 3.21. The Kier molecular flexibility index (Phi) is 3.67. The van der Waals surface area contributed by atoms with Gasteiger partial charge in [0.1, 0.15) is 6.54 Å². The summed E-state index contributed by atoms with van der Waals surface area (Å²) in [5.41, 5.74) is -0.630. The van der Waals surface area contributed by atoms with Gasteiger partial charge < -0.3 is 14.6 Å².